The molecule has 0 aromatic carbocycles. The number of rotatable bonds is 2. The molecule has 4 aromatic rings. The summed E-state index contributed by atoms with van der Waals surface area (Å²) in [7, 11) is 0. The van der Waals surface area contributed by atoms with Crippen LogP contribution in [0.3, 0.4) is 0 Å². The Morgan fingerprint density at radius 2 is 1.93 bits per heavy atom. The fraction of sp³-hybridized carbons (Fsp3) is 0.350. The van der Waals surface area contributed by atoms with Gasteiger partial charge in [-0.1, -0.05) is 0 Å². The first-order valence-corrected chi connectivity index (χ1v) is 9.32. The number of aromatic nitrogens is 5. The fourth-order valence-corrected chi connectivity index (χ4v) is 3.93. The first-order valence-electron chi connectivity index (χ1n) is 9.32. The summed E-state index contributed by atoms with van der Waals surface area (Å²) in [5, 5.41) is 7.97. The van der Waals surface area contributed by atoms with Crippen molar-refractivity contribution in [2.45, 2.75) is 32.6 Å². The lowest BCUT2D eigenvalue weighted by Gasteiger charge is -2.20. The first kappa shape index (κ1) is 16.4. The number of hydrogen-bond donors (Lipinski definition) is 1. The van der Waals surface area contributed by atoms with Crippen molar-refractivity contribution in [2.75, 3.05) is 13.1 Å². The molecule has 0 saturated carbocycles. The zero-order chi connectivity index (χ0) is 18.5. The minimum atomic E-state index is -0.255. The van der Waals surface area contributed by atoms with E-state index in [1.807, 2.05) is 38.2 Å². The van der Waals surface area contributed by atoms with Crippen LogP contribution in [0.2, 0.25) is 0 Å². The number of nitrogens with zero attached hydrogens (tertiary/aromatic N) is 5. The van der Waals surface area contributed by atoms with Gasteiger partial charge in [-0.3, -0.25) is 4.40 Å². The van der Waals surface area contributed by atoms with E-state index in [0.29, 0.717) is 11.3 Å². The lowest BCUT2D eigenvalue weighted by atomic mass is 9.95. The summed E-state index contributed by atoms with van der Waals surface area (Å²) in [6.45, 7) is 5.79. The molecule has 4 aromatic heterocycles. The second-order valence-corrected chi connectivity index (χ2v) is 7.32. The average molecular weight is 364 g/mol. The molecule has 1 aliphatic rings. The molecule has 1 aliphatic heterocycles. The van der Waals surface area contributed by atoms with Crippen LogP contribution in [0.1, 0.15) is 35.7 Å². The fourth-order valence-electron chi connectivity index (χ4n) is 3.93. The van der Waals surface area contributed by atoms with Gasteiger partial charge in [-0.2, -0.15) is 9.49 Å². The van der Waals surface area contributed by atoms with Crippen LogP contribution in [0.15, 0.2) is 30.6 Å². The van der Waals surface area contributed by atoms with Gasteiger partial charge in [0.2, 0.25) is 5.95 Å². The Labute approximate surface area is 156 Å². The lowest BCUT2D eigenvalue weighted by molar-refractivity contribution is 0.433. The summed E-state index contributed by atoms with van der Waals surface area (Å²) in [6.07, 6.45) is 5.53. The number of imidazole rings is 2. The van der Waals surface area contributed by atoms with Crippen molar-refractivity contribution in [1.29, 1.82) is 0 Å². The van der Waals surface area contributed by atoms with E-state index in [9.17, 15) is 0 Å². The van der Waals surface area contributed by atoms with Crippen LogP contribution in [0.4, 0.5) is 4.39 Å². The Morgan fingerprint density at radius 3 is 2.74 bits per heavy atom. The van der Waals surface area contributed by atoms with Gasteiger partial charge < -0.3 is 5.32 Å². The molecule has 0 bridgehead atoms. The maximum absolute atomic E-state index is 15.1. The van der Waals surface area contributed by atoms with E-state index < -0.39 is 0 Å². The van der Waals surface area contributed by atoms with Crippen LogP contribution in [0, 0.1) is 19.8 Å². The van der Waals surface area contributed by atoms with Gasteiger partial charge in [0.15, 0.2) is 5.65 Å². The Hall–Kier alpha value is -2.80. The molecule has 5 heterocycles. The highest BCUT2D eigenvalue weighted by atomic mass is 19.1. The van der Waals surface area contributed by atoms with Crippen molar-refractivity contribution in [1.82, 2.24) is 29.3 Å². The summed E-state index contributed by atoms with van der Waals surface area (Å²) < 4.78 is 18.4. The normalized spacial score (nSPS) is 15.8. The lowest BCUT2D eigenvalue weighted by Crippen LogP contribution is -2.27. The molecule has 27 heavy (non-hydrogen) atoms. The number of nitrogens with one attached hydrogen (secondary N) is 1. The summed E-state index contributed by atoms with van der Waals surface area (Å²) in [5.41, 5.74) is 5.67. The van der Waals surface area contributed by atoms with E-state index in [1.165, 1.54) is 0 Å². The van der Waals surface area contributed by atoms with Crippen molar-refractivity contribution >= 4 is 11.3 Å². The van der Waals surface area contributed by atoms with E-state index >= 15 is 4.39 Å². The van der Waals surface area contributed by atoms with Crippen LogP contribution < -0.4 is 5.32 Å². The highest BCUT2D eigenvalue weighted by Crippen LogP contribution is 2.29. The summed E-state index contributed by atoms with van der Waals surface area (Å²) >= 11 is 0. The quantitative estimate of drug-likeness (QED) is 0.593. The number of aryl methyl sites for hydroxylation is 2. The van der Waals surface area contributed by atoms with Gasteiger partial charge in [0.05, 0.1) is 23.3 Å². The molecule has 7 heteroatoms. The second kappa shape index (κ2) is 6.13. The van der Waals surface area contributed by atoms with Gasteiger partial charge in [0, 0.05) is 17.7 Å². The predicted molar refractivity (Wildman–Crippen MR) is 101 cm³/mol. The topological polar surface area (TPSA) is 59.5 Å². The Bertz CT molecular complexity index is 1150. The maximum Gasteiger partial charge on any atom is 0.221 e. The molecule has 0 amide bonds. The van der Waals surface area contributed by atoms with Crippen molar-refractivity contribution in [3.8, 4) is 11.3 Å². The zero-order valence-corrected chi connectivity index (χ0v) is 15.4. The van der Waals surface area contributed by atoms with E-state index in [4.69, 9.17) is 0 Å². The molecular formula is C20H21FN6. The predicted octanol–water partition coefficient (Wildman–Crippen LogP) is 3.27. The van der Waals surface area contributed by atoms with Gasteiger partial charge in [-0.15, -0.1) is 0 Å². The average Bonchev–Trinajstić information content (AvgIpc) is 3.22. The largest absolute Gasteiger partial charge is 0.317 e. The van der Waals surface area contributed by atoms with Crippen LogP contribution in [-0.4, -0.2) is 37.1 Å². The highest BCUT2D eigenvalue weighted by molar-refractivity contribution is 5.64. The molecule has 1 saturated heterocycles. The van der Waals surface area contributed by atoms with Gasteiger partial charge in [0.25, 0.3) is 0 Å². The van der Waals surface area contributed by atoms with Crippen LogP contribution >= 0.6 is 0 Å². The number of halogens is 1. The molecule has 1 N–H and O–H groups in total. The third-order valence-electron chi connectivity index (χ3n) is 5.34. The highest BCUT2D eigenvalue weighted by Gasteiger charge is 2.23. The SMILES string of the molecule is Cc1cn2nc(-c3ccc4nc(C5CCNCC5)c(F)n4c3)cc(C)c2n1. The monoisotopic (exact) mass is 364 g/mol. The minimum absolute atomic E-state index is 0.181. The second-order valence-electron chi connectivity index (χ2n) is 7.32. The van der Waals surface area contributed by atoms with E-state index in [0.717, 1.165) is 54.1 Å². The maximum atomic E-state index is 15.1. The molecule has 5 rings (SSSR count). The van der Waals surface area contributed by atoms with Crippen LogP contribution in [-0.2, 0) is 0 Å². The van der Waals surface area contributed by atoms with Gasteiger partial charge in [-0.05, 0) is 63.5 Å². The molecule has 6 nitrogen and oxygen atoms in total. The summed E-state index contributed by atoms with van der Waals surface area (Å²) in [6, 6.07) is 5.81. The van der Waals surface area contributed by atoms with Crippen molar-refractivity contribution in [3.05, 3.63) is 53.5 Å². The Kier molecular flexibility index (Phi) is 3.72. The van der Waals surface area contributed by atoms with E-state index in [1.54, 1.807) is 15.1 Å². The van der Waals surface area contributed by atoms with E-state index in [2.05, 4.69) is 20.4 Å². The molecule has 0 spiro atoms. The molecule has 0 aliphatic carbocycles. The van der Waals surface area contributed by atoms with E-state index in [-0.39, 0.29) is 11.9 Å². The van der Waals surface area contributed by atoms with Crippen molar-refractivity contribution < 1.29 is 4.39 Å². The molecular weight excluding hydrogens is 343 g/mol. The summed E-state index contributed by atoms with van der Waals surface area (Å²) in [4.78, 5) is 9.05. The molecule has 0 atom stereocenters. The standard InChI is InChI=1S/C20H21FN6/c1-12-9-16(25-27-10-13(2)23-20(12)27)15-3-4-17-24-18(19(21)26(17)11-15)14-5-7-22-8-6-14/h3-4,9-11,14,22H,5-8H2,1-2H3. The smallest absolute Gasteiger partial charge is 0.221 e. The van der Waals surface area contributed by atoms with Gasteiger partial charge >= 0.3 is 0 Å². The van der Waals surface area contributed by atoms with Gasteiger partial charge in [-0.25, -0.2) is 14.5 Å². The van der Waals surface area contributed by atoms with Crippen molar-refractivity contribution in [2.24, 2.45) is 0 Å². The van der Waals surface area contributed by atoms with Gasteiger partial charge in [0.1, 0.15) is 5.65 Å². The van der Waals surface area contributed by atoms with Crippen molar-refractivity contribution in [3.63, 3.8) is 0 Å². The number of hydrogen-bond acceptors (Lipinski definition) is 4. The first-order chi connectivity index (χ1) is 13.1. The Morgan fingerprint density at radius 1 is 1.11 bits per heavy atom. The molecule has 1 fully saturated rings. The number of fused-ring (bicyclic) bond motifs is 2. The number of piperidine rings is 1. The molecule has 138 valence electrons. The Balaban J connectivity index is 1.61. The zero-order valence-electron chi connectivity index (χ0n) is 15.4. The molecule has 0 radical (unpaired) electrons. The third kappa shape index (κ3) is 2.70. The molecule has 0 unspecified atom stereocenters. The number of pyridine rings is 1. The summed E-state index contributed by atoms with van der Waals surface area (Å²) in [5.74, 6) is -0.0738. The third-order valence-corrected chi connectivity index (χ3v) is 5.34. The van der Waals surface area contributed by atoms with Crippen LogP contribution in [0.5, 0.6) is 0 Å². The van der Waals surface area contributed by atoms with Crippen LogP contribution in [0.25, 0.3) is 22.6 Å². The minimum Gasteiger partial charge on any atom is -0.317 e.